The first-order valence-electron chi connectivity index (χ1n) is 26.6. The minimum atomic E-state index is -1.86. The van der Waals surface area contributed by atoms with Crippen LogP contribution in [0.15, 0.2) is 48.9 Å². The molecule has 15 heteroatoms. The summed E-state index contributed by atoms with van der Waals surface area (Å²) < 4.78 is 26.2. The zero-order chi connectivity index (χ0) is 53.9. The molecule has 2 saturated heterocycles. The summed E-state index contributed by atoms with van der Waals surface area (Å²) in [5.41, 5.74) is 6.28. The average molecular weight is 1030 g/mol. The van der Waals surface area contributed by atoms with Gasteiger partial charge in [-0.2, -0.15) is 0 Å². The molecule has 72 heavy (non-hydrogen) atoms. The third-order valence-electron chi connectivity index (χ3n) is 12.8. The monoisotopic (exact) mass is 1030 g/mol. The van der Waals surface area contributed by atoms with Gasteiger partial charge in [0, 0.05) is 54.7 Å². The molecule has 2 aromatic carbocycles. The predicted octanol–water partition coefficient (Wildman–Crippen LogP) is 9.55. The second kappa shape index (κ2) is 31.3. The molecule has 3 aromatic heterocycles. The Morgan fingerprint density at radius 3 is 1.06 bits per heavy atom. The minimum Gasteiger partial charge on any atom is -0.512 e. The van der Waals surface area contributed by atoms with Gasteiger partial charge in [-0.05, 0) is 157 Å². The summed E-state index contributed by atoms with van der Waals surface area (Å²) in [4.78, 5) is 2.45. The molecule has 0 N–H and O–H groups in total. The summed E-state index contributed by atoms with van der Waals surface area (Å²) in [5.74, 6) is 1.06. The van der Waals surface area contributed by atoms with Crippen molar-refractivity contribution in [2.24, 2.45) is 0 Å². The second-order valence-corrected chi connectivity index (χ2v) is 21.8. The van der Waals surface area contributed by atoms with Crippen LogP contribution in [-0.2, 0) is 26.5 Å². The maximum absolute atomic E-state index is 6.25. The van der Waals surface area contributed by atoms with E-state index in [2.05, 4.69) is 249 Å². The molecule has 2 fully saturated rings. The van der Waals surface area contributed by atoms with Gasteiger partial charge in [0.15, 0.2) is 19.0 Å². The zero-order valence-electron chi connectivity index (χ0n) is 48.2. The smallest absolute Gasteiger partial charge is 0.512 e. The standard InChI is InChI=1S/C33H50BN6.C15H28N2.2C4H8O.CN.Fe.N2/c1-24(2)31-18-35(21-38(31)27(7)8)34(30-16-14-13-15-17-30,36-19-32(25(3)4)39(22-36)28(9)10)37-20-33(26(5)6)40(23-37)29(11)12;1-10(2)16(11(3)4)14-9-15(14)17(12(5)6)13(7)8;2*1-2-4-5-3-1;1-2;;1-2/h13-20,24-29H,1-12H3;10-13H,1-8H3;2*1-4H2;;;/q-1;;;;-1;+2;. The quantitative estimate of drug-likeness (QED) is 0.0446. The van der Waals surface area contributed by atoms with Crippen molar-refractivity contribution in [1.82, 2.24) is 18.3 Å². The van der Waals surface area contributed by atoms with E-state index in [0.717, 1.165) is 26.4 Å². The number of aromatic nitrogens is 6. The Bertz CT molecular complexity index is 2060. The summed E-state index contributed by atoms with van der Waals surface area (Å²) in [6.07, 6.45) is 23.5. The number of hydrogen-bond donors (Lipinski definition) is 0. The molecule has 13 nitrogen and oxygen atoms in total. The molecular formula is C57H94BFeN11O2. The third-order valence-corrected chi connectivity index (χ3v) is 12.8. The number of imidazole rings is 3. The fourth-order valence-corrected chi connectivity index (χ4v) is 9.62. The summed E-state index contributed by atoms with van der Waals surface area (Å²) in [6, 6.07) is 17.3. The minimum absolute atomic E-state index is 0. The predicted molar refractivity (Wildman–Crippen MR) is 286 cm³/mol. The Hall–Kier alpha value is -4.53. The summed E-state index contributed by atoms with van der Waals surface area (Å²) in [6.45, 7) is 51.9. The van der Waals surface area contributed by atoms with Gasteiger partial charge in [0.05, 0.1) is 18.1 Å². The molecule has 2 aliphatic heterocycles. The van der Waals surface area contributed by atoms with Crippen molar-refractivity contribution in [3.63, 3.8) is 0 Å². The van der Waals surface area contributed by atoms with E-state index < -0.39 is 6.55 Å². The molecule has 400 valence electrons. The SMILES string of the molecule is C1CCOC1.C1CCOC1.CC(C)N(c1[c-]c1=[N+](C(C)C)C(C)C)C(C)C.CC(C)c1c[n+]([B-](c2ccccc2)([n+]2[c-]n(C(C)C)c(C(C)C)c2)[n+]2[c-]n(C(C)C)c(C(C)C)c2)[c-]n1C(C)C.N#N.[C-]#N.[Fe+2]. The number of ether oxygens (including phenoxy) is 2. The Kier molecular flexibility index (Phi) is 28.4. The van der Waals surface area contributed by atoms with Gasteiger partial charge in [-0.15, -0.1) is 5.69 Å². The van der Waals surface area contributed by atoms with Crippen LogP contribution >= 0.6 is 0 Å². The normalized spacial score (nSPS) is 13.5. The van der Waals surface area contributed by atoms with Gasteiger partial charge in [0.2, 0.25) is 0 Å². The fourth-order valence-electron chi connectivity index (χ4n) is 9.62. The topological polar surface area (TPSA) is 123 Å². The Morgan fingerprint density at radius 2 is 0.847 bits per heavy atom. The average Bonchev–Trinajstić information content (AvgIpc) is 4.08. The van der Waals surface area contributed by atoms with Crippen molar-refractivity contribution >= 4 is 17.7 Å². The molecule has 0 amide bonds. The maximum atomic E-state index is 6.25. The van der Waals surface area contributed by atoms with Crippen LogP contribution in [-0.4, -0.2) is 70.8 Å². The Morgan fingerprint density at radius 1 is 0.542 bits per heavy atom. The van der Waals surface area contributed by atoms with Crippen LogP contribution in [0.4, 0.5) is 5.69 Å². The van der Waals surface area contributed by atoms with Crippen LogP contribution in [0.1, 0.15) is 217 Å². The molecule has 0 bridgehead atoms. The molecule has 0 unspecified atom stereocenters. The molecule has 5 heterocycles. The van der Waals surface area contributed by atoms with Crippen LogP contribution < -0.4 is 33.7 Å². The molecular weight excluding hydrogens is 937 g/mol. The van der Waals surface area contributed by atoms with Gasteiger partial charge in [0.1, 0.15) is 12.1 Å². The van der Waals surface area contributed by atoms with E-state index in [0.29, 0.717) is 41.9 Å². The van der Waals surface area contributed by atoms with Crippen molar-refractivity contribution in [1.29, 1.82) is 16.0 Å². The van der Waals surface area contributed by atoms with Gasteiger partial charge in [-0.3, -0.25) is 4.58 Å². The van der Waals surface area contributed by atoms with E-state index in [1.165, 1.54) is 59.3 Å². The molecule has 7 rings (SSSR count). The van der Waals surface area contributed by atoms with Gasteiger partial charge < -0.3 is 53.3 Å². The Labute approximate surface area is 448 Å². The van der Waals surface area contributed by atoms with E-state index >= 15 is 0 Å². The maximum Gasteiger partial charge on any atom is 2.00 e. The second-order valence-electron chi connectivity index (χ2n) is 21.8. The fraction of sp³-hybridized carbons (Fsp3) is 0.667. The molecule has 0 spiro atoms. The summed E-state index contributed by atoms with van der Waals surface area (Å²) in [7, 11) is 0. The largest absolute Gasteiger partial charge is 2.00 e. The first-order valence-corrected chi connectivity index (χ1v) is 26.6. The number of hydrogen-bond acceptors (Lipinski definition) is 6. The van der Waals surface area contributed by atoms with Gasteiger partial charge in [-0.1, -0.05) is 95.9 Å². The van der Waals surface area contributed by atoms with Crippen molar-refractivity contribution in [3.8, 4) is 0 Å². The Balaban J connectivity index is 0.000000659. The van der Waals surface area contributed by atoms with E-state index in [4.69, 9.17) is 32.1 Å². The van der Waals surface area contributed by atoms with Crippen LogP contribution in [0, 0.1) is 47.7 Å². The number of nitrogens with zero attached hydrogens (tertiary/aromatic N) is 11. The van der Waals surface area contributed by atoms with Crippen molar-refractivity contribution in [2.75, 3.05) is 31.3 Å². The first-order chi connectivity index (χ1) is 33.6. The van der Waals surface area contributed by atoms with E-state index in [1.54, 1.807) is 0 Å². The molecule has 0 atom stereocenters. The van der Waals surface area contributed by atoms with Crippen LogP contribution in [0.2, 0.25) is 0 Å². The number of anilines is 1. The van der Waals surface area contributed by atoms with Crippen molar-refractivity contribution in [2.45, 2.75) is 224 Å². The zero-order valence-corrected chi connectivity index (χ0v) is 49.3. The summed E-state index contributed by atoms with van der Waals surface area (Å²) >= 11 is 0. The van der Waals surface area contributed by atoms with Crippen LogP contribution in [0.3, 0.4) is 0 Å². The van der Waals surface area contributed by atoms with Gasteiger partial charge >= 0.3 is 23.6 Å². The molecule has 0 radical (unpaired) electrons. The van der Waals surface area contributed by atoms with Crippen LogP contribution in [0.5, 0.6) is 0 Å². The number of benzene rings is 1. The van der Waals surface area contributed by atoms with Crippen molar-refractivity contribution < 1.29 is 40.0 Å². The molecule has 5 aromatic rings. The van der Waals surface area contributed by atoms with E-state index in [9.17, 15) is 0 Å². The summed E-state index contributed by atoms with van der Waals surface area (Å²) in [5, 5.41) is 19.6. The van der Waals surface area contributed by atoms with E-state index in [-0.39, 0.29) is 35.2 Å². The third kappa shape index (κ3) is 16.7. The van der Waals surface area contributed by atoms with Gasteiger partial charge in [-0.25, -0.2) is 6.07 Å². The first kappa shape index (κ1) is 65.5. The number of rotatable bonds is 15. The molecule has 2 aliphatic rings. The van der Waals surface area contributed by atoms with Crippen LogP contribution in [0.25, 0.3) is 0 Å². The van der Waals surface area contributed by atoms with E-state index in [1.807, 2.05) is 0 Å². The van der Waals surface area contributed by atoms with Gasteiger partial charge in [0.25, 0.3) is 0 Å². The molecule has 0 saturated carbocycles. The molecule has 0 aliphatic carbocycles. The van der Waals surface area contributed by atoms with Crippen molar-refractivity contribution in [3.05, 3.63) is 103 Å².